The standard InChI is InChI=1S/C45H41N/c1-2-34-40-15-24-11-36-28-5-22-4-23(6-28)8-29(7-22)37(36)13-26(24)17-42(40)46-43-18-27-14-39-31-10-33-19-32-9-30(20-45(32,33)21-31)38(39)12-25(27)16-41(43)35(3-1)44(34)46/h1-3,11-18,22-23,28-34,44H,4-10,19-21H2. The smallest absolute Gasteiger partial charge is 0.0702 e. The number of hydrogen-bond donors (Lipinski definition) is 0. The minimum Gasteiger partial charge on any atom is -0.332 e. The van der Waals surface area contributed by atoms with Crippen LogP contribution >= 0.6 is 0 Å². The molecule has 11 aliphatic rings. The average Bonchev–Trinajstić information content (AvgIpc) is 3.70. The SMILES string of the molecule is C1=CC2c3cc4cc5c(cc4cc3N3c4cc6cc7c(cc6cc4C(=C1)C23)C1CC2CC3CC7CC23C1)C1CC2CC(CC5C2)C1. The second kappa shape index (κ2) is 7.53. The van der Waals surface area contributed by atoms with Gasteiger partial charge in [-0.05, 0) is 196 Å². The van der Waals surface area contributed by atoms with Crippen LogP contribution in [0.15, 0.2) is 66.8 Å². The van der Waals surface area contributed by atoms with Crippen molar-refractivity contribution in [1.82, 2.24) is 0 Å². The summed E-state index contributed by atoms with van der Waals surface area (Å²) >= 11 is 0. The van der Waals surface area contributed by atoms with E-state index < -0.39 is 0 Å². The van der Waals surface area contributed by atoms with Crippen LogP contribution in [0, 0.1) is 29.1 Å². The van der Waals surface area contributed by atoms with Gasteiger partial charge in [0.1, 0.15) is 0 Å². The molecule has 9 atom stereocenters. The lowest BCUT2D eigenvalue weighted by Crippen LogP contribution is -2.41. The first-order chi connectivity index (χ1) is 22.6. The summed E-state index contributed by atoms with van der Waals surface area (Å²) in [6, 6.07) is 21.6. The molecule has 226 valence electrons. The van der Waals surface area contributed by atoms with Crippen LogP contribution in [0.3, 0.4) is 0 Å². The number of rotatable bonds is 0. The molecule has 0 aromatic heterocycles. The monoisotopic (exact) mass is 595 g/mol. The van der Waals surface area contributed by atoms with Gasteiger partial charge in [0.05, 0.1) is 11.7 Å². The van der Waals surface area contributed by atoms with E-state index in [2.05, 4.69) is 71.7 Å². The van der Waals surface area contributed by atoms with Crippen molar-refractivity contribution in [1.29, 1.82) is 0 Å². The summed E-state index contributed by atoms with van der Waals surface area (Å²) in [4.78, 5) is 2.77. The molecule has 0 saturated heterocycles. The van der Waals surface area contributed by atoms with E-state index in [0.29, 0.717) is 12.0 Å². The van der Waals surface area contributed by atoms with E-state index in [1.165, 1.54) is 103 Å². The number of fused-ring (bicyclic) bond motifs is 13. The summed E-state index contributed by atoms with van der Waals surface area (Å²) in [7, 11) is 0. The molecule has 4 aromatic carbocycles. The molecule has 2 aliphatic heterocycles. The molecule has 2 heterocycles. The van der Waals surface area contributed by atoms with Gasteiger partial charge in [-0.25, -0.2) is 0 Å². The second-order valence-electron chi connectivity index (χ2n) is 18.2. The van der Waals surface area contributed by atoms with Gasteiger partial charge in [0.2, 0.25) is 0 Å². The molecule has 1 nitrogen and oxygen atoms in total. The van der Waals surface area contributed by atoms with Crippen molar-refractivity contribution in [3.8, 4) is 0 Å². The molecular formula is C45H41N. The van der Waals surface area contributed by atoms with Crippen LogP contribution in [0.25, 0.3) is 27.1 Å². The minimum atomic E-state index is 0.406. The maximum absolute atomic E-state index is 2.77. The first-order valence-corrected chi connectivity index (χ1v) is 19.1. The molecule has 0 N–H and O–H groups in total. The molecule has 1 heteroatoms. The van der Waals surface area contributed by atoms with E-state index in [0.717, 1.165) is 52.8 Å². The van der Waals surface area contributed by atoms with Crippen molar-refractivity contribution in [3.05, 3.63) is 100 Å². The summed E-state index contributed by atoms with van der Waals surface area (Å²) in [5.74, 6) is 7.70. The molecule has 5 saturated carbocycles. The summed E-state index contributed by atoms with van der Waals surface area (Å²) in [6.07, 6.45) is 22.1. The van der Waals surface area contributed by atoms with Gasteiger partial charge in [0, 0.05) is 17.2 Å². The highest BCUT2D eigenvalue weighted by atomic mass is 15.2. The third-order valence-corrected chi connectivity index (χ3v) is 16.5. The van der Waals surface area contributed by atoms with E-state index in [1.54, 1.807) is 33.4 Å². The highest BCUT2D eigenvalue weighted by molar-refractivity contribution is 6.05. The highest BCUT2D eigenvalue weighted by Crippen LogP contribution is 2.76. The van der Waals surface area contributed by atoms with Crippen LogP contribution in [-0.4, -0.2) is 6.04 Å². The summed E-state index contributed by atoms with van der Waals surface area (Å²) in [5, 5.41) is 5.95. The molecule has 1 spiro atoms. The van der Waals surface area contributed by atoms with Crippen molar-refractivity contribution < 1.29 is 0 Å². The lowest BCUT2D eigenvalue weighted by molar-refractivity contribution is 0.00322. The molecule has 9 aliphatic carbocycles. The van der Waals surface area contributed by atoms with Gasteiger partial charge in [-0.15, -0.1) is 0 Å². The van der Waals surface area contributed by atoms with Crippen molar-refractivity contribution in [2.24, 2.45) is 29.1 Å². The molecule has 15 rings (SSSR count). The quantitative estimate of drug-likeness (QED) is 0.195. The van der Waals surface area contributed by atoms with Crippen LogP contribution in [0.1, 0.15) is 127 Å². The van der Waals surface area contributed by atoms with Crippen LogP contribution in [-0.2, 0) is 0 Å². The number of nitrogens with zero attached hydrogens (tertiary/aromatic N) is 1. The van der Waals surface area contributed by atoms with Gasteiger partial charge >= 0.3 is 0 Å². The zero-order valence-electron chi connectivity index (χ0n) is 26.6. The lowest BCUT2D eigenvalue weighted by Gasteiger charge is -2.48. The Bertz CT molecular complexity index is 2200. The Kier molecular flexibility index (Phi) is 3.92. The molecule has 7 bridgehead atoms. The second-order valence-corrected chi connectivity index (χ2v) is 18.2. The van der Waals surface area contributed by atoms with Crippen LogP contribution in [0.2, 0.25) is 0 Å². The highest BCUT2D eigenvalue weighted by Gasteiger charge is 2.65. The zero-order valence-corrected chi connectivity index (χ0v) is 26.6. The minimum absolute atomic E-state index is 0.406. The third-order valence-electron chi connectivity index (χ3n) is 16.5. The third kappa shape index (κ3) is 2.61. The molecule has 0 radical (unpaired) electrons. The van der Waals surface area contributed by atoms with Crippen LogP contribution < -0.4 is 4.90 Å². The van der Waals surface area contributed by atoms with E-state index in [9.17, 15) is 0 Å². The molecule has 46 heavy (non-hydrogen) atoms. The first kappa shape index (κ1) is 23.9. The Hall–Kier alpha value is -3.32. The zero-order chi connectivity index (χ0) is 29.2. The normalized spacial score (nSPS) is 41.6. The van der Waals surface area contributed by atoms with Gasteiger partial charge in [-0.1, -0.05) is 42.5 Å². The number of allylic oxidation sites excluding steroid dienone is 2. The Balaban J connectivity index is 0.953. The van der Waals surface area contributed by atoms with Crippen molar-refractivity contribution in [2.45, 2.75) is 99.8 Å². The van der Waals surface area contributed by atoms with E-state index in [4.69, 9.17) is 0 Å². The van der Waals surface area contributed by atoms with Crippen molar-refractivity contribution in [3.63, 3.8) is 0 Å². The van der Waals surface area contributed by atoms with Crippen LogP contribution in [0.5, 0.6) is 0 Å². The Labute approximate surface area is 271 Å². The Morgan fingerprint density at radius 3 is 1.76 bits per heavy atom. The van der Waals surface area contributed by atoms with E-state index in [-0.39, 0.29) is 0 Å². The summed E-state index contributed by atoms with van der Waals surface area (Å²) in [6.45, 7) is 0. The van der Waals surface area contributed by atoms with E-state index in [1.807, 2.05) is 0 Å². The number of anilines is 2. The fraction of sp³-hybridized carbons (Fsp3) is 0.467. The fourth-order valence-electron chi connectivity index (χ4n) is 15.0. The molecular weight excluding hydrogens is 555 g/mol. The van der Waals surface area contributed by atoms with Gasteiger partial charge in [0.25, 0.3) is 0 Å². The molecule has 9 unspecified atom stereocenters. The molecule has 4 aromatic rings. The first-order valence-electron chi connectivity index (χ1n) is 19.1. The molecule has 0 amide bonds. The van der Waals surface area contributed by atoms with Crippen molar-refractivity contribution >= 4 is 38.5 Å². The van der Waals surface area contributed by atoms with Gasteiger partial charge in [-0.2, -0.15) is 0 Å². The Morgan fingerprint density at radius 2 is 1.09 bits per heavy atom. The van der Waals surface area contributed by atoms with Crippen LogP contribution in [0.4, 0.5) is 11.4 Å². The number of hydrogen-bond acceptors (Lipinski definition) is 1. The van der Waals surface area contributed by atoms with Gasteiger partial charge in [-0.3, -0.25) is 0 Å². The lowest BCUT2D eigenvalue weighted by atomic mass is 9.56. The predicted molar refractivity (Wildman–Crippen MR) is 187 cm³/mol. The predicted octanol–water partition coefficient (Wildman–Crippen LogP) is 11.3. The fourth-order valence-corrected chi connectivity index (χ4v) is 15.0. The topological polar surface area (TPSA) is 3.24 Å². The Morgan fingerprint density at radius 1 is 0.522 bits per heavy atom. The average molecular weight is 596 g/mol. The maximum atomic E-state index is 2.77. The van der Waals surface area contributed by atoms with Crippen molar-refractivity contribution in [2.75, 3.05) is 4.90 Å². The van der Waals surface area contributed by atoms with Gasteiger partial charge < -0.3 is 4.90 Å². The molecule has 5 fully saturated rings. The maximum Gasteiger partial charge on any atom is 0.0702 e. The summed E-state index contributed by atoms with van der Waals surface area (Å²) < 4.78 is 0. The summed E-state index contributed by atoms with van der Waals surface area (Å²) in [5.41, 5.74) is 15.2. The van der Waals surface area contributed by atoms with E-state index >= 15 is 0 Å². The number of benzene rings is 4. The van der Waals surface area contributed by atoms with Gasteiger partial charge in [0.15, 0.2) is 0 Å². The largest absolute Gasteiger partial charge is 0.332 e.